The van der Waals surface area contributed by atoms with Crippen LogP contribution in [0.15, 0.2) is 29.6 Å². The Bertz CT molecular complexity index is 818. The van der Waals surface area contributed by atoms with Crippen LogP contribution in [0.3, 0.4) is 0 Å². The van der Waals surface area contributed by atoms with Crippen LogP contribution in [-0.4, -0.2) is 41.8 Å². The summed E-state index contributed by atoms with van der Waals surface area (Å²) in [7, 11) is 2.20. The van der Waals surface area contributed by atoms with Crippen molar-refractivity contribution in [1.29, 1.82) is 0 Å². The van der Waals surface area contributed by atoms with E-state index in [4.69, 9.17) is 0 Å². The molecule has 1 fully saturated rings. The van der Waals surface area contributed by atoms with Crippen molar-refractivity contribution < 1.29 is 9.59 Å². The van der Waals surface area contributed by atoms with Crippen molar-refractivity contribution in [3.05, 3.63) is 40.9 Å². The normalized spacial score (nSPS) is 20.0. The first-order valence-electron chi connectivity index (χ1n) is 9.72. The Morgan fingerprint density at radius 3 is 2.68 bits per heavy atom. The van der Waals surface area contributed by atoms with Gasteiger partial charge in [0.2, 0.25) is 5.91 Å². The molecule has 1 aliphatic rings. The predicted octanol–water partition coefficient (Wildman–Crippen LogP) is 3.87. The van der Waals surface area contributed by atoms with Crippen LogP contribution < -0.4 is 10.6 Å². The van der Waals surface area contributed by atoms with E-state index in [0.29, 0.717) is 10.8 Å². The minimum atomic E-state index is -0.277. The van der Waals surface area contributed by atoms with Crippen LogP contribution in [0.1, 0.15) is 42.7 Å². The Labute approximate surface area is 170 Å². The van der Waals surface area contributed by atoms with Gasteiger partial charge in [-0.15, -0.1) is 11.3 Å². The van der Waals surface area contributed by atoms with Crippen molar-refractivity contribution in [2.75, 3.05) is 30.8 Å². The largest absolute Gasteiger partial charge is 0.321 e. The van der Waals surface area contributed by atoms with Crippen molar-refractivity contribution in [1.82, 2.24) is 9.88 Å². The van der Waals surface area contributed by atoms with Gasteiger partial charge in [0.05, 0.1) is 0 Å². The Morgan fingerprint density at radius 2 is 2.00 bits per heavy atom. The van der Waals surface area contributed by atoms with Crippen LogP contribution in [0, 0.1) is 11.8 Å². The minimum Gasteiger partial charge on any atom is -0.321 e. The number of benzene rings is 1. The second kappa shape index (κ2) is 9.30. The molecule has 28 heavy (non-hydrogen) atoms. The second-order valence-electron chi connectivity index (χ2n) is 7.70. The molecule has 0 unspecified atom stereocenters. The Morgan fingerprint density at radius 1 is 1.25 bits per heavy atom. The summed E-state index contributed by atoms with van der Waals surface area (Å²) in [4.78, 5) is 29.9. The Balaban J connectivity index is 1.50. The summed E-state index contributed by atoms with van der Waals surface area (Å²) in [5.41, 5.74) is 2.34. The number of nitrogens with zero attached hydrogens (tertiary/aromatic N) is 2. The van der Waals surface area contributed by atoms with E-state index in [1.807, 2.05) is 12.1 Å². The van der Waals surface area contributed by atoms with E-state index in [0.717, 1.165) is 23.9 Å². The topological polar surface area (TPSA) is 74.3 Å². The number of hydrogen-bond donors (Lipinski definition) is 2. The summed E-state index contributed by atoms with van der Waals surface area (Å²) in [5.74, 6) is 1.06. The van der Waals surface area contributed by atoms with Crippen LogP contribution in [-0.2, 0) is 11.2 Å². The van der Waals surface area contributed by atoms with Crippen molar-refractivity contribution in [2.24, 2.45) is 11.8 Å². The van der Waals surface area contributed by atoms with Gasteiger partial charge in [-0.3, -0.25) is 9.59 Å². The van der Waals surface area contributed by atoms with Crippen LogP contribution in [0.2, 0.25) is 0 Å². The van der Waals surface area contributed by atoms with E-state index in [9.17, 15) is 9.59 Å². The van der Waals surface area contributed by atoms with Gasteiger partial charge < -0.3 is 15.5 Å². The number of thiazole rings is 1. The number of amides is 2. The van der Waals surface area contributed by atoms with Crippen LogP contribution in [0.25, 0.3) is 0 Å². The molecule has 1 aliphatic heterocycles. The van der Waals surface area contributed by atoms with Crippen molar-refractivity contribution in [3.63, 3.8) is 0 Å². The number of piperidine rings is 1. The van der Waals surface area contributed by atoms with Gasteiger partial charge in [0, 0.05) is 24.5 Å². The smallest absolute Gasteiger partial charge is 0.275 e. The quantitative estimate of drug-likeness (QED) is 0.772. The SMILES string of the molecule is CC(=O)Nc1nc(C(=O)Nc2ccc(CC[C@H]3CCN(C)C[C@H]3C)cc2)cs1. The molecule has 3 rings (SSSR count). The van der Waals surface area contributed by atoms with Gasteiger partial charge in [-0.25, -0.2) is 4.98 Å². The van der Waals surface area contributed by atoms with E-state index in [1.54, 1.807) is 5.38 Å². The molecular weight excluding hydrogens is 372 g/mol. The van der Waals surface area contributed by atoms with E-state index < -0.39 is 0 Å². The van der Waals surface area contributed by atoms with Gasteiger partial charge in [0.1, 0.15) is 5.69 Å². The maximum absolute atomic E-state index is 12.3. The molecule has 150 valence electrons. The highest BCUT2D eigenvalue weighted by atomic mass is 32.1. The third-order valence-corrected chi connectivity index (χ3v) is 6.08. The molecule has 2 atom stereocenters. The number of carbonyl (C=O) groups is 2. The summed E-state index contributed by atoms with van der Waals surface area (Å²) in [5, 5.41) is 7.50. The zero-order valence-corrected chi connectivity index (χ0v) is 17.5. The number of nitrogens with one attached hydrogen (secondary N) is 2. The molecule has 2 heterocycles. The monoisotopic (exact) mass is 400 g/mol. The van der Waals surface area contributed by atoms with Crippen molar-refractivity contribution in [2.45, 2.75) is 33.1 Å². The van der Waals surface area contributed by atoms with Gasteiger partial charge in [0.25, 0.3) is 5.91 Å². The molecule has 0 bridgehead atoms. The number of carbonyl (C=O) groups excluding carboxylic acids is 2. The fourth-order valence-electron chi connectivity index (χ4n) is 3.72. The molecule has 0 aliphatic carbocycles. The maximum Gasteiger partial charge on any atom is 0.275 e. The van der Waals surface area contributed by atoms with Crippen LogP contribution in [0.4, 0.5) is 10.8 Å². The third kappa shape index (κ3) is 5.62. The van der Waals surface area contributed by atoms with Crippen molar-refractivity contribution in [3.8, 4) is 0 Å². The average molecular weight is 401 g/mol. The van der Waals surface area contributed by atoms with Crippen LogP contribution >= 0.6 is 11.3 Å². The molecule has 0 radical (unpaired) electrons. The first-order valence-corrected chi connectivity index (χ1v) is 10.6. The van der Waals surface area contributed by atoms with Gasteiger partial charge in [-0.1, -0.05) is 19.1 Å². The highest BCUT2D eigenvalue weighted by Gasteiger charge is 2.23. The number of anilines is 2. The van der Waals surface area contributed by atoms with E-state index >= 15 is 0 Å². The van der Waals surface area contributed by atoms with Crippen LogP contribution in [0.5, 0.6) is 0 Å². The van der Waals surface area contributed by atoms with E-state index in [-0.39, 0.29) is 11.8 Å². The third-order valence-electron chi connectivity index (χ3n) is 5.32. The molecule has 7 heteroatoms. The summed E-state index contributed by atoms with van der Waals surface area (Å²) in [6, 6.07) is 8.04. The molecule has 2 amide bonds. The molecule has 1 saturated heterocycles. The van der Waals surface area contributed by atoms with E-state index in [1.165, 1.54) is 49.8 Å². The number of aromatic nitrogens is 1. The lowest BCUT2D eigenvalue weighted by Gasteiger charge is -2.34. The lowest BCUT2D eigenvalue weighted by molar-refractivity contribution is -0.114. The summed E-state index contributed by atoms with van der Waals surface area (Å²) < 4.78 is 0. The molecule has 6 nitrogen and oxygen atoms in total. The average Bonchev–Trinajstić information content (AvgIpc) is 3.10. The fourth-order valence-corrected chi connectivity index (χ4v) is 4.46. The molecular formula is C21H28N4O2S. The van der Waals surface area contributed by atoms with Crippen molar-refractivity contribution >= 4 is 34.0 Å². The Hall–Kier alpha value is -2.25. The zero-order valence-electron chi connectivity index (χ0n) is 16.7. The summed E-state index contributed by atoms with van der Waals surface area (Å²) in [6.07, 6.45) is 3.56. The standard InChI is InChI=1S/C21H28N4O2S/c1-14-12-25(3)11-10-17(14)7-4-16-5-8-18(9-6-16)23-20(27)19-13-28-21(24-19)22-15(2)26/h5-6,8-9,13-14,17H,4,7,10-12H2,1-3H3,(H,23,27)(H,22,24,26)/t14-,17+/m1/s1. The Kier molecular flexibility index (Phi) is 6.80. The highest BCUT2D eigenvalue weighted by molar-refractivity contribution is 7.14. The van der Waals surface area contributed by atoms with Gasteiger partial charge in [0.15, 0.2) is 5.13 Å². The fraction of sp³-hybridized carbons (Fsp3) is 0.476. The number of hydrogen-bond acceptors (Lipinski definition) is 5. The lowest BCUT2D eigenvalue weighted by Crippen LogP contribution is -2.36. The maximum atomic E-state index is 12.3. The lowest BCUT2D eigenvalue weighted by atomic mass is 9.83. The summed E-state index contributed by atoms with van der Waals surface area (Å²) in [6.45, 7) is 6.15. The molecule has 2 aromatic rings. The van der Waals surface area contributed by atoms with E-state index in [2.05, 4.69) is 46.6 Å². The number of likely N-dealkylation sites (tertiary alicyclic amines) is 1. The number of rotatable bonds is 6. The highest BCUT2D eigenvalue weighted by Crippen LogP contribution is 2.27. The van der Waals surface area contributed by atoms with Gasteiger partial charge in [-0.2, -0.15) is 0 Å². The summed E-state index contributed by atoms with van der Waals surface area (Å²) >= 11 is 1.23. The first-order chi connectivity index (χ1) is 13.4. The minimum absolute atomic E-state index is 0.202. The molecule has 2 N–H and O–H groups in total. The van der Waals surface area contributed by atoms with Gasteiger partial charge in [-0.05, 0) is 62.4 Å². The molecule has 1 aromatic carbocycles. The van der Waals surface area contributed by atoms with Gasteiger partial charge >= 0.3 is 0 Å². The molecule has 1 aromatic heterocycles. The zero-order chi connectivity index (χ0) is 20.1. The second-order valence-corrected chi connectivity index (χ2v) is 8.56. The number of aryl methyl sites for hydroxylation is 1. The predicted molar refractivity (Wildman–Crippen MR) is 114 cm³/mol. The first kappa shape index (κ1) is 20.5. The molecule has 0 spiro atoms. The molecule has 0 saturated carbocycles.